The number of nitrogens with one attached hydrogen (secondary N) is 1. The highest BCUT2D eigenvalue weighted by Gasteiger charge is 2.17. The van der Waals surface area contributed by atoms with Crippen LogP contribution in [0.25, 0.3) is 0 Å². The van der Waals surface area contributed by atoms with Gasteiger partial charge in [-0.25, -0.2) is 8.78 Å². The Morgan fingerprint density at radius 1 is 1.32 bits per heavy atom. The van der Waals surface area contributed by atoms with Crippen LogP contribution >= 0.6 is 0 Å². The maximum absolute atomic E-state index is 14.2. The van der Waals surface area contributed by atoms with Gasteiger partial charge in [0, 0.05) is 18.9 Å². The minimum absolute atomic E-state index is 0.0527. The lowest BCUT2D eigenvalue weighted by Crippen LogP contribution is -2.16. The number of hydrogen-bond donors (Lipinski definition) is 2. The van der Waals surface area contributed by atoms with Crippen LogP contribution in [-0.2, 0) is 6.54 Å². The third-order valence-electron chi connectivity index (χ3n) is 3.54. The van der Waals surface area contributed by atoms with Crippen LogP contribution in [-0.4, -0.2) is 17.4 Å². The van der Waals surface area contributed by atoms with Crippen molar-refractivity contribution in [3.8, 4) is 11.5 Å². The van der Waals surface area contributed by atoms with Gasteiger partial charge < -0.3 is 15.8 Å². The number of ether oxygens (including phenoxy) is 1. The van der Waals surface area contributed by atoms with Crippen LogP contribution in [0.1, 0.15) is 36.2 Å². The molecule has 1 aromatic heterocycles. The minimum atomic E-state index is -0.854. The summed E-state index contributed by atoms with van der Waals surface area (Å²) in [5.74, 6) is -2.59. The summed E-state index contributed by atoms with van der Waals surface area (Å²) in [5.41, 5.74) is 5.62. The Bertz CT molecular complexity index is 728. The molecule has 0 aliphatic carbocycles. The smallest absolute Gasteiger partial charge is 0.254 e. The molecule has 2 rings (SSSR count). The summed E-state index contributed by atoms with van der Waals surface area (Å²) in [7, 11) is 0. The monoisotopic (exact) mass is 349 g/mol. The number of carbonyl (C=O) groups excluding carboxylic acids is 1. The molecule has 0 aliphatic rings. The molecule has 3 N–H and O–H groups in total. The summed E-state index contributed by atoms with van der Waals surface area (Å²) in [6.07, 6.45) is 3.50. The fraction of sp³-hybridized carbons (Fsp3) is 0.333. The van der Waals surface area contributed by atoms with E-state index in [9.17, 15) is 13.6 Å². The molecule has 0 bridgehead atoms. The zero-order valence-electron chi connectivity index (χ0n) is 14.2. The van der Waals surface area contributed by atoms with E-state index in [4.69, 9.17) is 10.5 Å². The molecular weight excluding hydrogens is 328 g/mol. The number of halogens is 2. The van der Waals surface area contributed by atoms with Gasteiger partial charge in [-0.2, -0.15) is 0 Å². The predicted octanol–water partition coefficient (Wildman–Crippen LogP) is 3.39. The number of pyridine rings is 1. The van der Waals surface area contributed by atoms with Gasteiger partial charge in [0.05, 0.1) is 0 Å². The van der Waals surface area contributed by atoms with Crippen molar-refractivity contribution in [2.75, 3.05) is 6.54 Å². The van der Waals surface area contributed by atoms with E-state index in [1.807, 2.05) is 0 Å². The number of aromatic nitrogens is 1. The third-order valence-corrected chi connectivity index (χ3v) is 3.54. The quantitative estimate of drug-likeness (QED) is 0.716. The van der Waals surface area contributed by atoms with E-state index in [0.717, 1.165) is 13.0 Å². The van der Waals surface area contributed by atoms with E-state index in [2.05, 4.69) is 24.1 Å². The Kier molecular flexibility index (Phi) is 6.41. The van der Waals surface area contributed by atoms with Crippen molar-refractivity contribution < 1.29 is 18.3 Å². The van der Waals surface area contributed by atoms with Gasteiger partial charge in [0.15, 0.2) is 17.4 Å². The number of carbonyl (C=O) groups is 1. The number of nitrogens with zero attached hydrogens (tertiary/aromatic N) is 1. The maximum Gasteiger partial charge on any atom is 0.254 e. The molecule has 0 saturated heterocycles. The van der Waals surface area contributed by atoms with Gasteiger partial charge in [-0.3, -0.25) is 9.78 Å². The van der Waals surface area contributed by atoms with Gasteiger partial charge in [0.25, 0.3) is 5.91 Å². The molecule has 0 unspecified atom stereocenters. The molecule has 0 spiro atoms. The molecule has 25 heavy (non-hydrogen) atoms. The lowest BCUT2D eigenvalue weighted by atomic mass is 10.1. The molecule has 5 nitrogen and oxygen atoms in total. The molecule has 1 amide bonds. The molecular formula is C18H21F2N3O2. The minimum Gasteiger partial charge on any atom is -0.450 e. The van der Waals surface area contributed by atoms with Crippen molar-refractivity contribution in [1.82, 2.24) is 10.3 Å². The molecule has 1 aromatic carbocycles. The Morgan fingerprint density at radius 2 is 2.00 bits per heavy atom. The van der Waals surface area contributed by atoms with E-state index in [1.165, 1.54) is 30.6 Å². The first-order valence-corrected chi connectivity index (χ1v) is 7.98. The summed E-state index contributed by atoms with van der Waals surface area (Å²) in [6.45, 7) is 5.32. The third kappa shape index (κ3) is 5.22. The summed E-state index contributed by atoms with van der Waals surface area (Å²) in [4.78, 5) is 15.1. The van der Waals surface area contributed by atoms with Crippen molar-refractivity contribution in [3.05, 3.63) is 53.4 Å². The van der Waals surface area contributed by atoms with E-state index in [-0.39, 0.29) is 11.3 Å². The zero-order chi connectivity index (χ0) is 18.4. The Morgan fingerprint density at radius 3 is 2.60 bits per heavy atom. The first-order chi connectivity index (χ1) is 11.9. The first kappa shape index (κ1) is 18.8. The molecule has 0 aliphatic heterocycles. The van der Waals surface area contributed by atoms with Gasteiger partial charge in [0.1, 0.15) is 11.3 Å². The second kappa shape index (κ2) is 8.53. The van der Waals surface area contributed by atoms with Crippen LogP contribution in [0.5, 0.6) is 11.5 Å². The standard InChI is InChI=1S/C18H21F2N3O2/c1-11(2)3-5-22-9-12-7-14(19)17(15(20)8-12)25-16-4-6-23-10-13(16)18(21)24/h4,6-8,10-11,22H,3,5,9H2,1-2H3,(H2,21,24). The number of rotatable bonds is 8. The van der Waals surface area contributed by atoms with Crippen molar-refractivity contribution in [1.29, 1.82) is 0 Å². The van der Waals surface area contributed by atoms with Gasteiger partial charge in [-0.15, -0.1) is 0 Å². The highest BCUT2D eigenvalue weighted by molar-refractivity contribution is 5.95. The molecule has 7 heteroatoms. The normalized spacial score (nSPS) is 10.9. The maximum atomic E-state index is 14.2. The summed E-state index contributed by atoms with van der Waals surface area (Å²) < 4.78 is 33.7. The van der Waals surface area contributed by atoms with Crippen molar-refractivity contribution in [3.63, 3.8) is 0 Å². The van der Waals surface area contributed by atoms with Crippen LogP contribution in [0.3, 0.4) is 0 Å². The number of nitrogens with two attached hydrogens (primary N) is 1. The van der Waals surface area contributed by atoms with Crippen LogP contribution in [0.4, 0.5) is 8.78 Å². The molecule has 0 atom stereocenters. The molecule has 2 aromatic rings. The van der Waals surface area contributed by atoms with Crippen molar-refractivity contribution in [2.24, 2.45) is 11.7 Å². The van der Waals surface area contributed by atoms with Gasteiger partial charge in [-0.05, 0) is 42.6 Å². The number of amides is 1. The van der Waals surface area contributed by atoms with Crippen molar-refractivity contribution >= 4 is 5.91 Å². The van der Waals surface area contributed by atoms with Crippen LogP contribution in [0, 0.1) is 17.6 Å². The molecule has 0 fully saturated rings. The summed E-state index contributed by atoms with van der Waals surface area (Å²) in [5, 5.41) is 3.14. The van der Waals surface area contributed by atoms with Crippen molar-refractivity contribution in [2.45, 2.75) is 26.8 Å². The largest absolute Gasteiger partial charge is 0.450 e. The molecule has 0 radical (unpaired) electrons. The zero-order valence-corrected chi connectivity index (χ0v) is 14.2. The van der Waals surface area contributed by atoms with E-state index >= 15 is 0 Å². The second-order valence-electron chi connectivity index (χ2n) is 6.09. The number of primary amides is 1. The molecule has 1 heterocycles. The molecule has 0 saturated carbocycles. The number of hydrogen-bond acceptors (Lipinski definition) is 4. The van der Waals surface area contributed by atoms with Crippen LogP contribution < -0.4 is 15.8 Å². The van der Waals surface area contributed by atoms with E-state index in [0.29, 0.717) is 18.0 Å². The van der Waals surface area contributed by atoms with E-state index < -0.39 is 23.3 Å². The predicted molar refractivity (Wildman–Crippen MR) is 90.3 cm³/mol. The number of benzene rings is 1. The summed E-state index contributed by atoms with van der Waals surface area (Å²) in [6, 6.07) is 3.72. The van der Waals surface area contributed by atoms with Gasteiger partial charge in [0.2, 0.25) is 0 Å². The average Bonchev–Trinajstić information content (AvgIpc) is 2.55. The SMILES string of the molecule is CC(C)CCNCc1cc(F)c(Oc2ccncc2C(N)=O)c(F)c1. The van der Waals surface area contributed by atoms with Crippen LogP contribution in [0.15, 0.2) is 30.6 Å². The second-order valence-corrected chi connectivity index (χ2v) is 6.09. The summed E-state index contributed by atoms with van der Waals surface area (Å²) >= 11 is 0. The topological polar surface area (TPSA) is 77.2 Å². The Labute approximate surface area is 145 Å². The Balaban J connectivity index is 2.14. The van der Waals surface area contributed by atoms with Gasteiger partial charge >= 0.3 is 0 Å². The fourth-order valence-electron chi connectivity index (χ4n) is 2.20. The van der Waals surface area contributed by atoms with E-state index in [1.54, 1.807) is 0 Å². The highest BCUT2D eigenvalue weighted by atomic mass is 19.1. The van der Waals surface area contributed by atoms with Crippen LogP contribution in [0.2, 0.25) is 0 Å². The lowest BCUT2D eigenvalue weighted by Gasteiger charge is -2.12. The lowest BCUT2D eigenvalue weighted by molar-refractivity contribution is 0.0997. The first-order valence-electron chi connectivity index (χ1n) is 7.98. The fourth-order valence-corrected chi connectivity index (χ4v) is 2.20. The Hall–Kier alpha value is -2.54. The molecule has 134 valence electrons. The average molecular weight is 349 g/mol. The van der Waals surface area contributed by atoms with Gasteiger partial charge in [-0.1, -0.05) is 13.8 Å². The highest BCUT2D eigenvalue weighted by Crippen LogP contribution is 2.30.